The number of rotatable bonds is 2. The van der Waals surface area contributed by atoms with Gasteiger partial charge in [0.25, 0.3) is 0 Å². The van der Waals surface area contributed by atoms with Gasteiger partial charge in [0, 0.05) is 16.1 Å². The zero-order valence-corrected chi connectivity index (χ0v) is 13.1. The molecule has 0 radical (unpaired) electrons. The van der Waals surface area contributed by atoms with Crippen LogP contribution in [0.15, 0.2) is 16.6 Å². The minimum absolute atomic E-state index is 0.150. The van der Waals surface area contributed by atoms with E-state index in [0.717, 1.165) is 12.8 Å². The van der Waals surface area contributed by atoms with Gasteiger partial charge in [-0.3, -0.25) is 0 Å². The summed E-state index contributed by atoms with van der Waals surface area (Å²) in [7, 11) is 1.69. The molecule has 1 spiro atoms. The second-order valence-electron chi connectivity index (χ2n) is 5.17. The lowest BCUT2D eigenvalue weighted by atomic mass is 10.1. The van der Waals surface area contributed by atoms with Crippen LogP contribution in [-0.4, -0.2) is 21.6 Å². The third-order valence-corrected chi connectivity index (χ3v) is 5.02. The molecule has 0 bridgehead atoms. The van der Waals surface area contributed by atoms with E-state index >= 15 is 0 Å². The number of benzene rings is 1. The van der Waals surface area contributed by atoms with Crippen LogP contribution < -0.4 is 9.47 Å². The van der Waals surface area contributed by atoms with Gasteiger partial charge in [-0.05, 0) is 46.5 Å². The molecule has 0 unspecified atom stereocenters. The summed E-state index contributed by atoms with van der Waals surface area (Å²) in [4.78, 5) is 0. The Morgan fingerprint density at radius 2 is 1.95 bits per heavy atom. The van der Waals surface area contributed by atoms with Crippen molar-refractivity contribution in [3.8, 4) is 11.5 Å². The molecule has 0 aromatic heterocycles. The summed E-state index contributed by atoms with van der Waals surface area (Å²) in [5.41, 5.74) is 0.730. The largest absolute Gasteiger partial charge is 0.489 e. The van der Waals surface area contributed by atoms with E-state index < -0.39 is 9.05 Å². The highest BCUT2D eigenvalue weighted by Gasteiger charge is 2.46. The first kappa shape index (κ1) is 13.5. The van der Waals surface area contributed by atoms with Crippen LogP contribution in [0.5, 0.6) is 11.5 Å². The van der Waals surface area contributed by atoms with Gasteiger partial charge in [0.2, 0.25) is 9.05 Å². The molecule has 7 heteroatoms. The van der Waals surface area contributed by atoms with Gasteiger partial charge >= 0.3 is 0 Å². The molecule has 3 rings (SSSR count). The van der Waals surface area contributed by atoms with E-state index in [1.807, 2.05) is 0 Å². The second-order valence-corrected chi connectivity index (χ2v) is 8.80. The predicted molar refractivity (Wildman–Crippen MR) is 75.3 cm³/mol. The minimum Gasteiger partial charge on any atom is -0.489 e. The third-order valence-electron chi connectivity index (χ3n) is 3.42. The molecule has 0 amide bonds. The van der Waals surface area contributed by atoms with Crippen molar-refractivity contribution >= 4 is 35.7 Å². The summed E-state index contributed by atoms with van der Waals surface area (Å²) in [5, 5.41) is 0. The monoisotopic (exact) mass is 366 g/mol. The molecule has 1 aliphatic heterocycles. The van der Waals surface area contributed by atoms with Gasteiger partial charge in [-0.1, -0.05) is 0 Å². The molecule has 0 N–H and O–H groups in total. The van der Waals surface area contributed by atoms with Crippen molar-refractivity contribution in [1.29, 1.82) is 0 Å². The molecule has 19 heavy (non-hydrogen) atoms. The Kier molecular flexibility index (Phi) is 3.22. The smallest absolute Gasteiger partial charge is 0.236 e. The van der Waals surface area contributed by atoms with Gasteiger partial charge in [0.15, 0.2) is 11.5 Å². The van der Waals surface area contributed by atoms with Gasteiger partial charge in [0.05, 0.1) is 23.4 Å². The van der Waals surface area contributed by atoms with Crippen LogP contribution in [0.4, 0.5) is 0 Å². The maximum Gasteiger partial charge on any atom is 0.236 e. The van der Waals surface area contributed by atoms with Gasteiger partial charge in [-0.15, -0.1) is 0 Å². The van der Waals surface area contributed by atoms with E-state index in [-0.39, 0.29) is 11.2 Å². The fraction of sp³-hybridized carbons (Fsp3) is 0.500. The van der Waals surface area contributed by atoms with E-state index in [1.165, 1.54) is 0 Å². The van der Waals surface area contributed by atoms with Crippen LogP contribution in [0.1, 0.15) is 18.4 Å². The van der Waals surface area contributed by atoms with E-state index in [9.17, 15) is 8.42 Å². The predicted octanol–water partition coefficient (Wildman–Crippen LogP) is 3.07. The van der Waals surface area contributed by atoms with Crippen LogP contribution in [0.3, 0.4) is 0 Å². The first-order valence-corrected chi connectivity index (χ1v) is 9.14. The van der Waals surface area contributed by atoms with Crippen molar-refractivity contribution < 1.29 is 17.9 Å². The molecule has 1 aliphatic carbocycles. The van der Waals surface area contributed by atoms with E-state index in [0.29, 0.717) is 34.7 Å². The van der Waals surface area contributed by atoms with E-state index in [1.54, 1.807) is 12.1 Å². The minimum atomic E-state index is -3.59. The van der Waals surface area contributed by atoms with Crippen molar-refractivity contribution in [2.24, 2.45) is 5.41 Å². The Labute approximate surface area is 124 Å². The van der Waals surface area contributed by atoms with Crippen molar-refractivity contribution in [2.75, 3.05) is 13.2 Å². The number of hydrogen-bond donors (Lipinski definition) is 0. The second kappa shape index (κ2) is 4.53. The Balaban J connectivity index is 1.93. The van der Waals surface area contributed by atoms with Gasteiger partial charge in [-0.2, -0.15) is 0 Å². The van der Waals surface area contributed by atoms with Crippen molar-refractivity contribution in [3.63, 3.8) is 0 Å². The van der Waals surface area contributed by atoms with Gasteiger partial charge in [0.1, 0.15) is 0 Å². The molecular formula is C12H12BrClO4S. The summed E-state index contributed by atoms with van der Waals surface area (Å²) in [6, 6.07) is 3.38. The standard InChI is InChI=1S/C12H12BrClO4S/c13-9-3-8(5-19(14,15)16)4-10-11(9)18-7-12(1-2-12)6-17-10/h3-4H,1-2,5-7H2. The number of hydrogen-bond acceptors (Lipinski definition) is 4. The maximum atomic E-state index is 11.1. The fourth-order valence-corrected chi connectivity index (χ4v) is 3.66. The summed E-state index contributed by atoms with van der Waals surface area (Å²) in [6.45, 7) is 1.26. The zero-order chi connectivity index (χ0) is 13.7. The summed E-state index contributed by atoms with van der Waals surface area (Å²) in [5.74, 6) is 0.988. The van der Waals surface area contributed by atoms with Crippen LogP contribution >= 0.6 is 26.6 Å². The molecule has 0 atom stereocenters. The number of fused-ring (bicyclic) bond motifs is 1. The molecule has 0 saturated heterocycles. The first-order valence-electron chi connectivity index (χ1n) is 5.87. The lowest BCUT2D eigenvalue weighted by Crippen LogP contribution is -2.17. The van der Waals surface area contributed by atoms with Crippen LogP contribution in [0, 0.1) is 5.41 Å². The third kappa shape index (κ3) is 3.01. The quantitative estimate of drug-likeness (QED) is 0.754. The zero-order valence-electron chi connectivity index (χ0n) is 9.99. The van der Waals surface area contributed by atoms with Crippen molar-refractivity contribution in [2.45, 2.75) is 18.6 Å². The molecule has 104 valence electrons. The average molecular weight is 368 g/mol. The summed E-state index contributed by atoms with van der Waals surface area (Å²) >= 11 is 3.39. The van der Waals surface area contributed by atoms with Crippen LogP contribution in [0.2, 0.25) is 0 Å². The molecular weight excluding hydrogens is 356 g/mol. The molecule has 1 aromatic carbocycles. The lowest BCUT2D eigenvalue weighted by molar-refractivity contribution is 0.196. The molecule has 1 fully saturated rings. The first-order chi connectivity index (χ1) is 8.87. The molecule has 2 aliphatic rings. The Hall–Kier alpha value is -0.460. The van der Waals surface area contributed by atoms with E-state index in [2.05, 4.69) is 15.9 Å². The highest BCUT2D eigenvalue weighted by Crippen LogP contribution is 2.50. The highest BCUT2D eigenvalue weighted by atomic mass is 79.9. The highest BCUT2D eigenvalue weighted by molar-refractivity contribution is 9.10. The summed E-state index contributed by atoms with van der Waals surface area (Å²) in [6.07, 6.45) is 2.23. The Morgan fingerprint density at radius 3 is 2.58 bits per heavy atom. The van der Waals surface area contributed by atoms with Crippen LogP contribution in [0.25, 0.3) is 0 Å². The van der Waals surface area contributed by atoms with Crippen molar-refractivity contribution in [1.82, 2.24) is 0 Å². The van der Waals surface area contributed by atoms with Crippen molar-refractivity contribution in [3.05, 3.63) is 22.2 Å². The normalized spacial score (nSPS) is 20.1. The average Bonchev–Trinajstić information content (AvgIpc) is 3.05. The molecule has 1 heterocycles. The van der Waals surface area contributed by atoms with Crippen LogP contribution in [-0.2, 0) is 14.8 Å². The fourth-order valence-electron chi connectivity index (χ4n) is 2.11. The molecule has 4 nitrogen and oxygen atoms in total. The molecule has 1 aromatic rings. The Morgan fingerprint density at radius 1 is 1.26 bits per heavy atom. The maximum absolute atomic E-state index is 11.1. The summed E-state index contributed by atoms with van der Waals surface area (Å²) < 4.78 is 34.5. The van der Waals surface area contributed by atoms with Gasteiger partial charge in [-0.25, -0.2) is 8.42 Å². The lowest BCUT2D eigenvalue weighted by Gasteiger charge is -2.11. The number of ether oxygens (including phenoxy) is 2. The Bertz CT molecular complexity index is 625. The number of halogens is 2. The SMILES string of the molecule is O=S(=O)(Cl)Cc1cc(Br)c2c(c1)OCC1(CC1)CO2. The van der Waals surface area contributed by atoms with E-state index in [4.69, 9.17) is 20.2 Å². The van der Waals surface area contributed by atoms with Gasteiger partial charge < -0.3 is 9.47 Å². The molecule has 1 saturated carbocycles. The topological polar surface area (TPSA) is 52.6 Å².